The lowest BCUT2D eigenvalue weighted by Crippen LogP contribution is -2.33. The van der Waals surface area contributed by atoms with Crippen LogP contribution >= 0.6 is 11.6 Å². The minimum absolute atomic E-state index is 0.0416. The number of sulfonamides is 1. The van der Waals surface area contributed by atoms with E-state index in [4.69, 9.17) is 17.3 Å². The van der Waals surface area contributed by atoms with Crippen molar-refractivity contribution in [2.24, 2.45) is 0 Å². The highest BCUT2D eigenvalue weighted by Crippen LogP contribution is 2.27. The first kappa shape index (κ1) is 28.5. The van der Waals surface area contributed by atoms with E-state index >= 15 is 0 Å². The van der Waals surface area contributed by atoms with Crippen LogP contribution in [0.25, 0.3) is 27.7 Å². The summed E-state index contributed by atoms with van der Waals surface area (Å²) >= 11 is 6.41. The van der Waals surface area contributed by atoms with Gasteiger partial charge in [-0.15, -0.1) is 0 Å². The summed E-state index contributed by atoms with van der Waals surface area (Å²) in [7, 11) is -3.70. The van der Waals surface area contributed by atoms with Crippen LogP contribution in [0.1, 0.15) is 42.0 Å². The number of nitrogens with zero attached hydrogens (tertiary/aromatic N) is 3. The molecule has 1 atom stereocenters. The van der Waals surface area contributed by atoms with Crippen LogP contribution in [0.15, 0.2) is 94.7 Å². The molecule has 218 valence electrons. The summed E-state index contributed by atoms with van der Waals surface area (Å²) in [6.07, 6.45) is 3.01. The molecule has 4 N–H and O–H groups in total. The van der Waals surface area contributed by atoms with Gasteiger partial charge in [0.1, 0.15) is 0 Å². The van der Waals surface area contributed by atoms with Crippen LogP contribution in [-0.2, 0) is 10.0 Å². The second-order valence-electron chi connectivity index (χ2n) is 10.4. The molecule has 0 saturated heterocycles. The quantitative estimate of drug-likeness (QED) is 0.231. The normalized spacial score (nSPS) is 14.0. The maximum Gasteiger partial charge on any atom is 0.274 e. The maximum absolute atomic E-state index is 13.7. The molecular weight excluding hydrogens is 588 g/mol. The Morgan fingerprint density at radius 2 is 1.79 bits per heavy atom. The third-order valence-corrected chi connectivity index (χ3v) is 9.02. The number of hydrogen-bond donors (Lipinski definition) is 3. The van der Waals surface area contributed by atoms with E-state index in [0.29, 0.717) is 32.7 Å². The van der Waals surface area contributed by atoms with Crippen LogP contribution in [-0.4, -0.2) is 34.9 Å². The number of carbonyl (C=O) groups is 1. The van der Waals surface area contributed by atoms with Gasteiger partial charge >= 0.3 is 0 Å². The molecule has 3 aromatic carbocycles. The first-order valence-electron chi connectivity index (χ1n) is 13.6. The molecule has 12 heteroatoms. The molecule has 6 rings (SSSR count). The number of aromatic nitrogens is 3. The van der Waals surface area contributed by atoms with Crippen LogP contribution in [0.5, 0.6) is 0 Å². The van der Waals surface area contributed by atoms with Gasteiger partial charge in [-0.05, 0) is 61.5 Å². The van der Waals surface area contributed by atoms with Crippen LogP contribution in [0.3, 0.4) is 0 Å². The number of para-hydroxylation sites is 1. The average molecular weight is 615 g/mol. The maximum atomic E-state index is 13.7. The van der Waals surface area contributed by atoms with Crippen molar-refractivity contribution in [3.05, 3.63) is 112 Å². The van der Waals surface area contributed by atoms with Gasteiger partial charge in [-0.1, -0.05) is 54.1 Å². The minimum Gasteiger partial charge on any atom is -0.382 e. The van der Waals surface area contributed by atoms with E-state index in [2.05, 4.69) is 20.0 Å². The number of nitrogens with two attached hydrogens (primary N) is 1. The van der Waals surface area contributed by atoms with Gasteiger partial charge < -0.3 is 11.1 Å². The summed E-state index contributed by atoms with van der Waals surface area (Å²) in [6, 6.07) is 21.6. The predicted molar refractivity (Wildman–Crippen MR) is 166 cm³/mol. The zero-order chi connectivity index (χ0) is 30.3. The molecule has 0 spiro atoms. The van der Waals surface area contributed by atoms with Crippen molar-refractivity contribution in [1.82, 2.24) is 24.6 Å². The van der Waals surface area contributed by atoms with Gasteiger partial charge in [-0.2, -0.15) is 0 Å². The summed E-state index contributed by atoms with van der Waals surface area (Å²) in [5, 5.41) is 4.22. The van der Waals surface area contributed by atoms with Gasteiger partial charge in [0.2, 0.25) is 10.0 Å². The van der Waals surface area contributed by atoms with Crippen molar-refractivity contribution in [3.8, 4) is 16.9 Å². The Morgan fingerprint density at radius 3 is 2.53 bits per heavy atom. The van der Waals surface area contributed by atoms with Gasteiger partial charge in [-0.25, -0.2) is 23.1 Å². The van der Waals surface area contributed by atoms with E-state index in [0.717, 1.165) is 12.8 Å². The van der Waals surface area contributed by atoms with Crippen molar-refractivity contribution >= 4 is 44.1 Å². The van der Waals surface area contributed by atoms with Gasteiger partial charge in [0.25, 0.3) is 11.5 Å². The number of pyridine rings is 1. The Bertz CT molecular complexity index is 2050. The number of nitrogens with one attached hydrogen (secondary N) is 2. The van der Waals surface area contributed by atoms with Crippen LogP contribution in [0.2, 0.25) is 5.02 Å². The highest BCUT2D eigenvalue weighted by molar-refractivity contribution is 7.89. The van der Waals surface area contributed by atoms with Gasteiger partial charge in [0, 0.05) is 23.0 Å². The highest BCUT2D eigenvalue weighted by Gasteiger charge is 2.28. The molecule has 43 heavy (non-hydrogen) atoms. The van der Waals surface area contributed by atoms with Crippen LogP contribution < -0.4 is 21.3 Å². The van der Waals surface area contributed by atoms with E-state index < -0.39 is 22.0 Å². The smallest absolute Gasteiger partial charge is 0.274 e. The molecule has 1 aliphatic rings. The Hall–Kier alpha value is -4.58. The summed E-state index contributed by atoms with van der Waals surface area (Å²) in [6.45, 7) is 1.75. The molecular formula is C31H27ClN6O4S. The number of nitrogen functional groups attached to an aromatic ring is 1. The van der Waals surface area contributed by atoms with Gasteiger partial charge in [0.15, 0.2) is 11.5 Å². The minimum atomic E-state index is -3.70. The van der Waals surface area contributed by atoms with E-state index in [9.17, 15) is 18.0 Å². The first-order chi connectivity index (χ1) is 20.6. The van der Waals surface area contributed by atoms with E-state index in [1.807, 2.05) is 24.3 Å². The fourth-order valence-corrected chi connectivity index (χ4v) is 6.47. The molecule has 1 unspecified atom stereocenters. The molecule has 0 radical (unpaired) electrons. The number of amides is 1. The summed E-state index contributed by atoms with van der Waals surface area (Å²) in [4.78, 5) is 35.9. The third-order valence-electron chi connectivity index (χ3n) is 7.19. The highest BCUT2D eigenvalue weighted by atomic mass is 35.5. The first-order valence-corrected chi connectivity index (χ1v) is 15.4. The van der Waals surface area contributed by atoms with Gasteiger partial charge in [0.05, 0.1) is 33.2 Å². The Kier molecular flexibility index (Phi) is 7.47. The van der Waals surface area contributed by atoms with Crippen molar-refractivity contribution in [2.45, 2.75) is 36.7 Å². The number of hydrogen-bond acceptors (Lipinski definition) is 7. The predicted octanol–water partition coefficient (Wildman–Crippen LogP) is 4.62. The van der Waals surface area contributed by atoms with Crippen LogP contribution in [0.4, 0.5) is 5.82 Å². The monoisotopic (exact) mass is 614 g/mol. The number of fused-ring (bicyclic) bond motifs is 1. The van der Waals surface area contributed by atoms with E-state index in [-0.39, 0.29) is 33.7 Å². The standard InChI is InChI=1S/C31H27ClN6O4S/c1-18(26-16-20-8-6-12-24(32)27(20)31(40)38(26)22-9-3-2-4-10-22)35-30(39)28-29(33)34-17-25(36-28)19-7-5-11-23(15-19)43(41,42)37-21-13-14-21/h2-12,15-18,21,37H,13-14H2,1H3,(H2,33,34)(H,35,39). The average Bonchev–Trinajstić information content (AvgIpc) is 3.81. The molecule has 1 saturated carbocycles. The molecule has 1 amide bonds. The summed E-state index contributed by atoms with van der Waals surface area (Å²) < 4.78 is 29.7. The summed E-state index contributed by atoms with van der Waals surface area (Å²) in [5.41, 5.74) is 7.47. The number of rotatable bonds is 8. The molecule has 0 aliphatic heterocycles. The number of carbonyl (C=O) groups excluding carboxylic acids is 1. The molecule has 5 aromatic rings. The fraction of sp³-hybridized carbons (Fsp3) is 0.161. The number of halogens is 1. The zero-order valence-electron chi connectivity index (χ0n) is 23.0. The van der Waals surface area contributed by atoms with Crippen molar-refractivity contribution in [2.75, 3.05) is 5.73 Å². The third kappa shape index (κ3) is 5.74. The SMILES string of the molecule is CC(NC(=O)c1nc(-c2cccc(S(=O)(=O)NC3CC3)c2)cnc1N)c1cc2cccc(Cl)c2c(=O)n1-c1ccccc1. The fourth-order valence-electron chi connectivity index (χ4n) is 4.86. The van der Waals surface area contributed by atoms with Crippen molar-refractivity contribution < 1.29 is 13.2 Å². The second kappa shape index (κ2) is 11.3. The number of anilines is 1. The molecule has 2 aromatic heterocycles. The van der Waals surface area contributed by atoms with Crippen molar-refractivity contribution in [1.29, 1.82) is 0 Å². The lowest BCUT2D eigenvalue weighted by atomic mass is 10.1. The number of benzene rings is 3. The van der Waals surface area contributed by atoms with Crippen molar-refractivity contribution in [3.63, 3.8) is 0 Å². The molecule has 2 heterocycles. The lowest BCUT2D eigenvalue weighted by Gasteiger charge is -2.21. The Morgan fingerprint density at radius 1 is 1.05 bits per heavy atom. The largest absolute Gasteiger partial charge is 0.382 e. The topological polar surface area (TPSA) is 149 Å². The lowest BCUT2D eigenvalue weighted by molar-refractivity contribution is 0.0934. The molecule has 10 nitrogen and oxygen atoms in total. The van der Waals surface area contributed by atoms with E-state index in [1.54, 1.807) is 49.4 Å². The van der Waals surface area contributed by atoms with Gasteiger partial charge in [-0.3, -0.25) is 14.2 Å². The second-order valence-corrected chi connectivity index (χ2v) is 12.5. The zero-order valence-corrected chi connectivity index (χ0v) is 24.6. The van der Waals surface area contributed by atoms with E-state index in [1.165, 1.54) is 22.9 Å². The van der Waals surface area contributed by atoms with Crippen LogP contribution in [0, 0.1) is 0 Å². The molecule has 1 fully saturated rings. The Labute approximate surface area is 252 Å². The summed E-state index contributed by atoms with van der Waals surface area (Å²) in [5.74, 6) is -0.713. The Balaban J connectivity index is 1.34. The molecule has 0 bridgehead atoms. The molecule has 1 aliphatic carbocycles.